The highest BCUT2D eigenvalue weighted by Crippen LogP contribution is 2.34. The summed E-state index contributed by atoms with van der Waals surface area (Å²) in [5.41, 5.74) is 4.67. The fourth-order valence-electron chi connectivity index (χ4n) is 3.22. The number of rotatable bonds is 9. The third-order valence-electron chi connectivity index (χ3n) is 4.45. The van der Waals surface area contributed by atoms with E-state index in [1.807, 2.05) is 46.8 Å². The van der Waals surface area contributed by atoms with Crippen molar-refractivity contribution in [2.75, 3.05) is 25.1 Å². The molecule has 7 heteroatoms. The lowest BCUT2D eigenvalue weighted by Crippen LogP contribution is -2.34. The van der Waals surface area contributed by atoms with Gasteiger partial charge in [-0.1, -0.05) is 33.6 Å². The maximum absolute atomic E-state index is 12.4. The number of anilines is 1. The smallest absolute Gasteiger partial charge is 0.243 e. The van der Waals surface area contributed by atoms with E-state index in [4.69, 9.17) is 9.47 Å². The van der Waals surface area contributed by atoms with Gasteiger partial charge in [0.05, 0.1) is 26.2 Å². The largest absolute Gasteiger partial charge is 0.490 e. The maximum atomic E-state index is 12.4. The molecule has 30 heavy (non-hydrogen) atoms. The molecule has 2 rings (SSSR count). The van der Waals surface area contributed by atoms with E-state index in [2.05, 4.69) is 26.6 Å². The van der Waals surface area contributed by atoms with Gasteiger partial charge in [-0.05, 0) is 63.4 Å². The van der Waals surface area contributed by atoms with Crippen LogP contribution < -0.4 is 20.1 Å². The molecular formula is C23H29BrN2O4. The first-order chi connectivity index (χ1) is 14.2. The van der Waals surface area contributed by atoms with Gasteiger partial charge in [0.15, 0.2) is 11.5 Å². The summed E-state index contributed by atoms with van der Waals surface area (Å²) >= 11 is 3.48. The Morgan fingerprint density at radius 2 is 1.47 bits per heavy atom. The number of hydrogen-bond donors (Lipinski definition) is 2. The van der Waals surface area contributed by atoms with Gasteiger partial charge < -0.3 is 20.1 Å². The Morgan fingerprint density at radius 3 is 2.03 bits per heavy atom. The summed E-state index contributed by atoms with van der Waals surface area (Å²) in [4.78, 5) is 24.7. The first-order valence-electron chi connectivity index (χ1n) is 9.97. The van der Waals surface area contributed by atoms with E-state index in [0.29, 0.717) is 24.7 Å². The van der Waals surface area contributed by atoms with E-state index in [0.717, 1.165) is 32.4 Å². The number of ether oxygens (including phenoxy) is 2. The summed E-state index contributed by atoms with van der Waals surface area (Å²) in [7, 11) is 0. The number of hydrogen-bond acceptors (Lipinski definition) is 4. The zero-order valence-corrected chi connectivity index (χ0v) is 19.7. The van der Waals surface area contributed by atoms with Crippen LogP contribution in [-0.4, -0.2) is 31.6 Å². The fourth-order valence-corrected chi connectivity index (χ4v) is 3.69. The van der Waals surface area contributed by atoms with Crippen molar-refractivity contribution in [3.8, 4) is 11.5 Å². The SMILES string of the molecule is CCOc1cc(Br)c(CC(=O)NCC(=O)Nc2c(C)cc(C)cc2C)cc1OCC. The van der Waals surface area contributed by atoms with Crippen molar-refractivity contribution in [3.63, 3.8) is 0 Å². The van der Waals surface area contributed by atoms with E-state index in [9.17, 15) is 9.59 Å². The van der Waals surface area contributed by atoms with E-state index >= 15 is 0 Å². The van der Waals surface area contributed by atoms with Crippen LogP contribution in [0.15, 0.2) is 28.7 Å². The number of nitrogens with one attached hydrogen (secondary N) is 2. The standard InChI is InChI=1S/C23H29BrN2O4/c1-6-29-19-10-17(18(24)12-20(19)30-7-2)11-21(27)25-13-22(28)26-23-15(4)8-14(3)9-16(23)5/h8-10,12H,6-7,11,13H2,1-5H3,(H,25,27)(H,26,28). The number of carbonyl (C=O) groups is 2. The molecule has 0 aliphatic rings. The first-order valence-corrected chi connectivity index (χ1v) is 10.8. The molecule has 0 atom stereocenters. The minimum Gasteiger partial charge on any atom is -0.490 e. The first kappa shape index (κ1) is 23.7. The molecule has 0 bridgehead atoms. The summed E-state index contributed by atoms with van der Waals surface area (Å²) in [5.74, 6) is 0.695. The second-order valence-electron chi connectivity index (χ2n) is 7.03. The molecule has 6 nitrogen and oxygen atoms in total. The molecule has 0 aromatic heterocycles. The fraction of sp³-hybridized carbons (Fsp3) is 0.391. The predicted molar refractivity (Wildman–Crippen MR) is 122 cm³/mol. The Hall–Kier alpha value is -2.54. The van der Waals surface area contributed by atoms with E-state index in [-0.39, 0.29) is 24.8 Å². The summed E-state index contributed by atoms with van der Waals surface area (Å²) in [6.07, 6.45) is 0.114. The van der Waals surface area contributed by atoms with Gasteiger partial charge in [-0.25, -0.2) is 0 Å². The molecule has 2 aromatic rings. The number of benzene rings is 2. The Labute approximate surface area is 186 Å². The third-order valence-corrected chi connectivity index (χ3v) is 5.19. The Balaban J connectivity index is 1.99. The van der Waals surface area contributed by atoms with Gasteiger partial charge in [0, 0.05) is 10.2 Å². The Kier molecular flexibility index (Phi) is 8.72. The summed E-state index contributed by atoms with van der Waals surface area (Å²) in [6, 6.07) is 7.62. The van der Waals surface area contributed by atoms with Crippen molar-refractivity contribution in [1.29, 1.82) is 0 Å². The molecule has 0 radical (unpaired) electrons. The quantitative estimate of drug-likeness (QED) is 0.559. The molecule has 0 heterocycles. The van der Waals surface area contributed by atoms with Crippen LogP contribution >= 0.6 is 15.9 Å². The molecule has 162 valence electrons. The molecule has 0 aliphatic heterocycles. The molecular weight excluding hydrogens is 448 g/mol. The number of halogens is 1. The summed E-state index contributed by atoms with van der Waals surface area (Å²) in [5, 5.41) is 5.56. The zero-order valence-electron chi connectivity index (χ0n) is 18.1. The van der Waals surface area contributed by atoms with Crippen molar-refractivity contribution in [1.82, 2.24) is 5.32 Å². The van der Waals surface area contributed by atoms with Gasteiger partial charge in [0.1, 0.15) is 0 Å². The Bertz CT molecular complexity index is 905. The Morgan fingerprint density at radius 1 is 0.900 bits per heavy atom. The lowest BCUT2D eigenvalue weighted by atomic mass is 10.1. The maximum Gasteiger partial charge on any atom is 0.243 e. The van der Waals surface area contributed by atoms with Crippen molar-refractivity contribution in [2.45, 2.75) is 41.0 Å². The van der Waals surface area contributed by atoms with Gasteiger partial charge in [0.2, 0.25) is 11.8 Å². The highest BCUT2D eigenvalue weighted by atomic mass is 79.9. The van der Waals surface area contributed by atoms with Gasteiger partial charge in [0.25, 0.3) is 0 Å². The number of carbonyl (C=O) groups excluding carboxylic acids is 2. The normalized spacial score (nSPS) is 10.5. The third kappa shape index (κ3) is 6.49. The average Bonchev–Trinajstić information content (AvgIpc) is 2.67. The predicted octanol–water partition coefficient (Wildman–Crippen LogP) is 4.47. The molecule has 2 amide bonds. The number of aryl methyl sites for hydroxylation is 3. The lowest BCUT2D eigenvalue weighted by molar-refractivity contribution is -0.123. The molecule has 0 saturated carbocycles. The van der Waals surface area contributed by atoms with Crippen LogP contribution in [0.25, 0.3) is 0 Å². The molecule has 2 N–H and O–H groups in total. The highest BCUT2D eigenvalue weighted by molar-refractivity contribution is 9.10. The van der Waals surface area contributed by atoms with E-state index < -0.39 is 0 Å². The van der Waals surface area contributed by atoms with Crippen LogP contribution in [0.1, 0.15) is 36.1 Å². The van der Waals surface area contributed by atoms with E-state index in [1.165, 1.54) is 0 Å². The van der Waals surface area contributed by atoms with Crippen LogP contribution in [0.3, 0.4) is 0 Å². The zero-order chi connectivity index (χ0) is 22.3. The summed E-state index contributed by atoms with van der Waals surface area (Å²) in [6.45, 7) is 10.6. The van der Waals surface area contributed by atoms with Crippen molar-refractivity contribution in [3.05, 3.63) is 51.0 Å². The topological polar surface area (TPSA) is 76.7 Å². The molecule has 0 spiro atoms. The monoisotopic (exact) mass is 476 g/mol. The molecule has 0 fully saturated rings. The molecule has 2 aromatic carbocycles. The van der Waals surface area contributed by atoms with Gasteiger partial charge >= 0.3 is 0 Å². The second kappa shape index (κ2) is 11.0. The van der Waals surface area contributed by atoms with Crippen LogP contribution in [0, 0.1) is 20.8 Å². The van der Waals surface area contributed by atoms with Crippen LogP contribution in [0.2, 0.25) is 0 Å². The summed E-state index contributed by atoms with van der Waals surface area (Å²) < 4.78 is 12.0. The van der Waals surface area contributed by atoms with Crippen molar-refractivity contribution >= 4 is 33.4 Å². The molecule has 0 aliphatic carbocycles. The number of amides is 2. The van der Waals surface area contributed by atoms with Gasteiger partial charge in [-0.15, -0.1) is 0 Å². The second-order valence-corrected chi connectivity index (χ2v) is 7.89. The van der Waals surface area contributed by atoms with Gasteiger partial charge in [-0.2, -0.15) is 0 Å². The lowest BCUT2D eigenvalue weighted by Gasteiger charge is -2.15. The van der Waals surface area contributed by atoms with Crippen LogP contribution in [-0.2, 0) is 16.0 Å². The van der Waals surface area contributed by atoms with Crippen molar-refractivity contribution < 1.29 is 19.1 Å². The van der Waals surface area contributed by atoms with Gasteiger partial charge in [-0.3, -0.25) is 9.59 Å². The van der Waals surface area contributed by atoms with Crippen LogP contribution in [0.4, 0.5) is 5.69 Å². The van der Waals surface area contributed by atoms with Crippen LogP contribution in [0.5, 0.6) is 11.5 Å². The van der Waals surface area contributed by atoms with Crippen molar-refractivity contribution in [2.24, 2.45) is 0 Å². The molecule has 0 saturated heterocycles. The minimum atomic E-state index is -0.265. The van der Waals surface area contributed by atoms with E-state index in [1.54, 1.807) is 12.1 Å². The highest BCUT2D eigenvalue weighted by Gasteiger charge is 2.15. The minimum absolute atomic E-state index is 0.0987. The average molecular weight is 477 g/mol. The molecule has 0 unspecified atom stereocenters.